The van der Waals surface area contributed by atoms with E-state index in [0.717, 1.165) is 11.3 Å². The van der Waals surface area contributed by atoms with E-state index in [1.54, 1.807) is 55.8 Å². The van der Waals surface area contributed by atoms with Crippen LogP contribution in [0, 0.1) is 0 Å². The molecule has 2 aromatic heterocycles. The molecule has 0 atom stereocenters. The normalized spacial score (nSPS) is 10.2. The third-order valence-corrected chi connectivity index (χ3v) is 3.89. The molecule has 0 aliphatic carbocycles. The molecular formula is C21H20N4O3. The molecule has 142 valence electrons. The van der Waals surface area contributed by atoms with E-state index in [1.807, 2.05) is 12.1 Å². The maximum absolute atomic E-state index is 12.4. The van der Waals surface area contributed by atoms with Crippen LogP contribution in [0.1, 0.15) is 33.2 Å². The van der Waals surface area contributed by atoms with Crippen LogP contribution in [0.2, 0.25) is 0 Å². The Balaban J connectivity index is 1.62. The molecule has 0 radical (unpaired) electrons. The molecule has 3 rings (SSSR count). The van der Waals surface area contributed by atoms with Crippen LogP contribution in [0.25, 0.3) is 0 Å². The van der Waals surface area contributed by atoms with Crippen molar-refractivity contribution in [1.82, 2.24) is 15.3 Å². The summed E-state index contributed by atoms with van der Waals surface area (Å²) in [6.07, 6.45) is 6.50. The average molecular weight is 376 g/mol. The summed E-state index contributed by atoms with van der Waals surface area (Å²) in [6, 6.07) is 12.3. The number of amides is 1. The smallest absolute Gasteiger partial charge is 0.338 e. The maximum Gasteiger partial charge on any atom is 0.338 e. The third-order valence-electron chi connectivity index (χ3n) is 3.89. The molecule has 2 N–H and O–H groups in total. The summed E-state index contributed by atoms with van der Waals surface area (Å²) in [4.78, 5) is 32.1. The number of rotatable bonds is 7. The number of esters is 1. The van der Waals surface area contributed by atoms with Gasteiger partial charge in [-0.15, -0.1) is 0 Å². The van der Waals surface area contributed by atoms with Crippen LogP contribution in [0.4, 0.5) is 11.4 Å². The lowest BCUT2D eigenvalue weighted by Crippen LogP contribution is -2.23. The summed E-state index contributed by atoms with van der Waals surface area (Å²) < 4.78 is 4.97. The second kappa shape index (κ2) is 9.27. The summed E-state index contributed by atoms with van der Waals surface area (Å²) in [5, 5.41) is 6.02. The van der Waals surface area contributed by atoms with Crippen LogP contribution in [0.3, 0.4) is 0 Å². The molecular weight excluding hydrogens is 356 g/mol. The number of carbonyl (C=O) groups excluding carboxylic acids is 2. The molecule has 0 saturated carbocycles. The number of pyridine rings is 2. The van der Waals surface area contributed by atoms with E-state index in [1.165, 1.54) is 6.20 Å². The van der Waals surface area contributed by atoms with Gasteiger partial charge in [-0.1, -0.05) is 0 Å². The van der Waals surface area contributed by atoms with E-state index in [-0.39, 0.29) is 11.9 Å². The van der Waals surface area contributed by atoms with Crippen LogP contribution < -0.4 is 10.6 Å². The fourth-order valence-electron chi connectivity index (χ4n) is 2.49. The molecule has 0 unspecified atom stereocenters. The highest BCUT2D eigenvalue weighted by molar-refractivity contribution is 5.95. The van der Waals surface area contributed by atoms with Gasteiger partial charge in [0.25, 0.3) is 5.91 Å². The lowest BCUT2D eigenvalue weighted by molar-refractivity contribution is 0.0526. The van der Waals surface area contributed by atoms with E-state index in [4.69, 9.17) is 4.74 Å². The molecule has 0 fully saturated rings. The monoisotopic (exact) mass is 376 g/mol. The van der Waals surface area contributed by atoms with Gasteiger partial charge in [-0.05, 0) is 55.0 Å². The molecule has 0 saturated heterocycles. The Morgan fingerprint density at radius 3 is 2.39 bits per heavy atom. The van der Waals surface area contributed by atoms with Crippen molar-refractivity contribution in [2.75, 3.05) is 11.9 Å². The highest BCUT2D eigenvalue weighted by Gasteiger charge is 2.08. The third kappa shape index (κ3) is 5.14. The van der Waals surface area contributed by atoms with Crippen LogP contribution >= 0.6 is 0 Å². The van der Waals surface area contributed by atoms with E-state index in [0.29, 0.717) is 30.0 Å². The SMILES string of the molecule is CCOC(=O)c1ccc(Nc2cncc(C(=O)NCc3ccncc3)c2)cc1. The fourth-order valence-corrected chi connectivity index (χ4v) is 2.49. The van der Waals surface area contributed by atoms with Gasteiger partial charge < -0.3 is 15.4 Å². The Morgan fingerprint density at radius 2 is 1.68 bits per heavy atom. The average Bonchev–Trinajstić information content (AvgIpc) is 2.73. The summed E-state index contributed by atoms with van der Waals surface area (Å²) >= 11 is 0. The lowest BCUT2D eigenvalue weighted by Gasteiger charge is -2.09. The molecule has 0 aliphatic heterocycles. The first kappa shape index (κ1) is 19.0. The number of hydrogen-bond donors (Lipinski definition) is 2. The van der Waals surface area contributed by atoms with Crippen molar-refractivity contribution >= 4 is 23.3 Å². The number of hydrogen-bond acceptors (Lipinski definition) is 6. The molecule has 7 heteroatoms. The molecule has 3 aromatic rings. The number of aromatic nitrogens is 2. The van der Waals surface area contributed by atoms with Gasteiger partial charge in [0.05, 0.1) is 29.6 Å². The van der Waals surface area contributed by atoms with Crippen molar-refractivity contribution in [2.45, 2.75) is 13.5 Å². The fraction of sp³-hybridized carbons (Fsp3) is 0.143. The van der Waals surface area contributed by atoms with Gasteiger partial charge in [0.2, 0.25) is 0 Å². The van der Waals surface area contributed by atoms with Crippen molar-refractivity contribution in [3.63, 3.8) is 0 Å². The zero-order valence-electron chi connectivity index (χ0n) is 15.4. The van der Waals surface area contributed by atoms with Crippen LogP contribution in [0.5, 0.6) is 0 Å². The van der Waals surface area contributed by atoms with Crippen LogP contribution in [0.15, 0.2) is 67.3 Å². The zero-order valence-corrected chi connectivity index (χ0v) is 15.4. The summed E-state index contributed by atoms with van der Waals surface area (Å²) in [5.41, 5.74) is 3.33. The van der Waals surface area contributed by atoms with Crippen molar-refractivity contribution in [3.05, 3.63) is 83.9 Å². The molecule has 0 spiro atoms. The number of nitrogens with zero attached hydrogens (tertiary/aromatic N) is 2. The topological polar surface area (TPSA) is 93.2 Å². The minimum absolute atomic E-state index is 0.217. The number of anilines is 2. The van der Waals surface area contributed by atoms with E-state index < -0.39 is 0 Å². The predicted molar refractivity (Wildman–Crippen MR) is 105 cm³/mol. The first-order valence-corrected chi connectivity index (χ1v) is 8.82. The van der Waals surface area contributed by atoms with Crippen molar-refractivity contribution in [2.24, 2.45) is 0 Å². The highest BCUT2D eigenvalue weighted by atomic mass is 16.5. The summed E-state index contributed by atoms with van der Waals surface area (Å²) in [5.74, 6) is -0.575. The highest BCUT2D eigenvalue weighted by Crippen LogP contribution is 2.18. The van der Waals surface area contributed by atoms with Crippen LogP contribution in [-0.2, 0) is 11.3 Å². The van der Waals surface area contributed by atoms with Gasteiger partial charge in [0.15, 0.2) is 0 Å². The predicted octanol–water partition coefficient (Wildman–Crippen LogP) is 3.33. The van der Waals surface area contributed by atoms with Gasteiger partial charge in [-0.25, -0.2) is 4.79 Å². The standard InChI is InChI=1S/C21H20N4O3/c1-2-28-21(27)16-3-5-18(6-4-16)25-19-11-17(13-23-14-19)20(26)24-12-15-7-9-22-10-8-15/h3-11,13-14,25H,2,12H2,1H3,(H,24,26). The number of benzene rings is 1. The number of carbonyl (C=O) groups is 2. The molecule has 2 heterocycles. The summed E-state index contributed by atoms with van der Waals surface area (Å²) in [6.45, 7) is 2.51. The van der Waals surface area contributed by atoms with Crippen LogP contribution in [-0.4, -0.2) is 28.5 Å². The Kier molecular flexibility index (Phi) is 6.30. The first-order chi connectivity index (χ1) is 13.7. The molecule has 1 amide bonds. The Bertz CT molecular complexity index is 943. The minimum atomic E-state index is -0.358. The minimum Gasteiger partial charge on any atom is -0.462 e. The Morgan fingerprint density at radius 1 is 0.929 bits per heavy atom. The molecule has 28 heavy (non-hydrogen) atoms. The number of ether oxygens (including phenoxy) is 1. The quantitative estimate of drug-likeness (QED) is 0.615. The second-order valence-corrected chi connectivity index (χ2v) is 5.92. The Hall–Kier alpha value is -3.74. The second-order valence-electron chi connectivity index (χ2n) is 5.92. The van der Waals surface area contributed by atoms with Gasteiger partial charge in [-0.3, -0.25) is 14.8 Å². The van der Waals surface area contributed by atoms with Crippen molar-refractivity contribution in [1.29, 1.82) is 0 Å². The van der Waals surface area contributed by atoms with Crippen molar-refractivity contribution in [3.8, 4) is 0 Å². The van der Waals surface area contributed by atoms with E-state index >= 15 is 0 Å². The lowest BCUT2D eigenvalue weighted by atomic mass is 10.2. The largest absolute Gasteiger partial charge is 0.462 e. The molecule has 1 aromatic carbocycles. The maximum atomic E-state index is 12.4. The molecule has 7 nitrogen and oxygen atoms in total. The van der Waals surface area contributed by atoms with Gasteiger partial charge >= 0.3 is 5.97 Å². The van der Waals surface area contributed by atoms with Crippen molar-refractivity contribution < 1.29 is 14.3 Å². The zero-order chi connectivity index (χ0) is 19.8. The molecule has 0 aliphatic rings. The van der Waals surface area contributed by atoms with Gasteiger partial charge in [0, 0.05) is 30.8 Å². The van der Waals surface area contributed by atoms with Gasteiger partial charge in [0.1, 0.15) is 0 Å². The van der Waals surface area contributed by atoms with E-state index in [9.17, 15) is 9.59 Å². The number of nitrogens with one attached hydrogen (secondary N) is 2. The van der Waals surface area contributed by atoms with Gasteiger partial charge in [-0.2, -0.15) is 0 Å². The first-order valence-electron chi connectivity index (χ1n) is 8.82. The van der Waals surface area contributed by atoms with E-state index in [2.05, 4.69) is 20.6 Å². The molecule has 0 bridgehead atoms. The summed E-state index contributed by atoms with van der Waals surface area (Å²) in [7, 11) is 0. The Labute approximate surface area is 162 Å².